The summed E-state index contributed by atoms with van der Waals surface area (Å²) < 4.78 is 8.96. The molecule has 148 valence electrons. The number of aromatic nitrogens is 12. The van der Waals surface area contributed by atoms with Crippen LogP contribution in [0.25, 0.3) is 23.0 Å². The van der Waals surface area contributed by atoms with Crippen LogP contribution < -0.4 is 10.0 Å². The van der Waals surface area contributed by atoms with Gasteiger partial charge in [0.1, 0.15) is 0 Å². The fraction of sp³-hybridized carbons (Fsp3) is 0.143. The van der Waals surface area contributed by atoms with Crippen molar-refractivity contribution in [1.82, 2.24) is 61.9 Å². The first-order valence-electron chi connectivity index (χ1n) is 7.02. The molecule has 22 heteroatoms. The molecule has 22 nitrogen and oxygen atoms in total. The quantitative estimate of drug-likeness (QED) is 0.172. The van der Waals surface area contributed by atoms with Crippen molar-refractivity contribution < 1.29 is 19.3 Å². The second kappa shape index (κ2) is 6.85. The summed E-state index contributed by atoms with van der Waals surface area (Å²) in [6, 6.07) is 0. The maximum atomic E-state index is 11.6. The number of hydrogen-bond donors (Lipinski definition) is 2. The molecular weight excluding hydrogens is 404 g/mol. The van der Waals surface area contributed by atoms with Crippen molar-refractivity contribution in [2.45, 2.75) is 0 Å². The highest BCUT2D eigenvalue weighted by molar-refractivity contribution is 5.66. The molecule has 4 heterocycles. The molecule has 29 heavy (non-hydrogen) atoms. The van der Waals surface area contributed by atoms with Crippen LogP contribution in [0.1, 0.15) is 0 Å². The Morgan fingerprint density at radius 3 is 1.59 bits per heavy atom. The van der Waals surface area contributed by atoms with Gasteiger partial charge < -0.3 is 0 Å². The Balaban J connectivity index is 1.71. The molecule has 0 fully saturated rings. The van der Waals surface area contributed by atoms with E-state index in [9.17, 15) is 20.2 Å². The highest BCUT2D eigenvalue weighted by atomic mass is 16.7. The van der Waals surface area contributed by atoms with Gasteiger partial charge in [-0.1, -0.05) is 0 Å². The molecule has 0 aliphatic heterocycles. The fourth-order valence-electron chi connectivity index (χ4n) is 2.03. The summed E-state index contributed by atoms with van der Waals surface area (Å²) >= 11 is 0. The summed E-state index contributed by atoms with van der Waals surface area (Å²) in [6.45, 7) is -1.04. The number of tetrazole rings is 2. The molecule has 0 aromatic carbocycles. The number of hydrazine groups is 2. The van der Waals surface area contributed by atoms with Crippen LogP contribution in [0.3, 0.4) is 0 Å². The van der Waals surface area contributed by atoms with Crippen LogP contribution in [0.4, 0.5) is 11.6 Å². The highest BCUT2D eigenvalue weighted by Gasteiger charge is 2.38. The van der Waals surface area contributed by atoms with Gasteiger partial charge >= 0.3 is 0 Å². The Labute approximate surface area is 154 Å². The molecule has 4 aromatic rings. The molecule has 4 rings (SSSR count). The predicted octanol–water partition coefficient (Wildman–Crippen LogP) is -2.53. The average Bonchev–Trinajstić information content (AvgIpc) is 3.47. The Morgan fingerprint density at radius 2 is 1.24 bits per heavy atom. The van der Waals surface area contributed by atoms with E-state index >= 15 is 0 Å². The molecule has 0 amide bonds. The number of nitrogens with zero attached hydrogens (tertiary/aromatic N) is 14. The molecule has 2 N–H and O–H groups in total. The van der Waals surface area contributed by atoms with Gasteiger partial charge in [0.25, 0.3) is 11.6 Å². The smallest absolute Gasteiger partial charge is 0.241 e. The Morgan fingerprint density at radius 1 is 0.793 bits per heavy atom. The molecule has 0 saturated carbocycles. The van der Waals surface area contributed by atoms with Crippen LogP contribution >= 0.6 is 0 Å². The van der Waals surface area contributed by atoms with Gasteiger partial charge in [-0.05, 0) is 41.1 Å². The first kappa shape index (κ1) is 17.2. The first-order valence-corrected chi connectivity index (χ1v) is 7.02. The minimum atomic E-state index is -1.04. The van der Waals surface area contributed by atoms with Gasteiger partial charge in [0.05, 0.1) is 0 Å². The summed E-state index contributed by atoms with van der Waals surface area (Å²) in [6.07, 6.45) is 0. The predicted molar refractivity (Wildman–Crippen MR) is 78.8 cm³/mol. The third-order valence-corrected chi connectivity index (χ3v) is 3.21. The van der Waals surface area contributed by atoms with E-state index in [2.05, 4.69) is 71.1 Å². The molecule has 0 aliphatic carbocycles. The van der Waals surface area contributed by atoms with E-state index < -0.39 is 28.4 Å². The van der Waals surface area contributed by atoms with Crippen molar-refractivity contribution in [1.29, 1.82) is 0 Å². The third kappa shape index (κ3) is 3.06. The molecular formula is C7H4N16O6. The fourth-order valence-corrected chi connectivity index (χ4v) is 2.03. The zero-order valence-corrected chi connectivity index (χ0v) is 13.4. The molecule has 4 aromatic heterocycles. The number of anilines is 2. The van der Waals surface area contributed by atoms with Crippen molar-refractivity contribution in [2.24, 2.45) is 0 Å². The van der Waals surface area contributed by atoms with Gasteiger partial charge in [0.2, 0.25) is 29.7 Å². The van der Waals surface area contributed by atoms with Gasteiger partial charge in [0, 0.05) is 0 Å². The monoisotopic (exact) mass is 408 g/mol. The maximum absolute atomic E-state index is 11.6. The number of hydrogen-bond acceptors (Lipinski definition) is 16. The largest absolute Gasteiger partial charge is 0.270 e. The number of aromatic amines is 2. The maximum Gasteiger partial charge on any atom is 0.270 e. The Hall–Kier alpha value is -5.18. The molecule has 0 radical (unpaired) electrons. The number of nitrogens with one attached hydrogen (secondary N) is 2. The van der Waals surface area contributed by atoms with Crippen molar-refractivity contribution in [3.63, 3.8) is 0 Å². The van der Waals surface area contributed by atoms with Gasteiger partial charge in [0.15, 0.2) is 10.1 Å². The van der Waals surface area contributed by atoms with Crippen molar-refractivity contribution in [3.8, 4) is 23.0 Å². The lowest BCUT2D eigenvalue weighted by atomic mass is 10.4. The van der Waals surface area contributed by atoms with E-state index in [1.807, 2.05) is 0 Å². The topological polar surface area (TPSA) is 280 Å². The van der Waals surface area contributed by atoms with E-state index in [-0.39, 0.29) is 33.1 Å². The number of rotatable bonds is 8. The SMILES string of the molecule is O=[N+]([O-])N(CN(c1nonc1-c1nn[nH]n1)[N+](=O)[O-])c1nonc1-c1nn[nH]n1. The normalized spacial score (nSPS) is 10.8. The molecule has 0 aliphatic rings. The third-order valence-electron chi connectivity index (χ3n) is 3.21. The highest BCUT2D eigenvalue weighted by Crippen LogP contribution is 2.27. The van der Waals surface area contributed by atoms with Crippen molar-refractivity contribution >= 4 is 11.6 Å². The van der Waals surface area contributed by atoms with Gasteiger partial charge in [-0.25, -0.2) is 29.5 Å². The van der Waals surface area contributed by atoms with Gasteiger partial charge in [-0.2, -0.15) is 10.4 Å². The van der Waals surface area contributed by atoms with Crippen molar-refractivity contribution in [2.75, 3.05) is 16.7 Å². The van der Waals surface area contributed by atoms with E-state index in [1.165, 1.54) is 0 Å². The zero-order valence-electron chi connectivity index (χ0n) is 13.4. The summed E-state index contributed by atoms with van der Waals surface area (Å²) in [5.41, 5.74) is -0.592. The van der Waals surface area contributed by atoms with Crippen LogP contribution in [0, 0.1) is 20.2 Å². The lowest BCUT2D eigenvalue weighted by molar-refractivity contribution is -0.525. The minimum Gasteiger partial charge on any atom is -0.241 e. The lowest BCUT2D eigenvalue weighted by Gasteiger charge is -2.15. The van der Waals surface area contributed by atoms with Gasteiger partial charge in [-0.3, -0.25) is 0 Å². The van der Waals surface area contributed by atoms with Crippen LogP contribution in [0.5, 0.6) is 0 Å². The summed E-state index contributed by atoms with van der Waals surface area (Å²) in [4.78, 5) is 23.1. The second-order valence-electron chi connectivity index (χ2n) is 4.76. The standard InChI is InChI=1S/C7H4N16O6/c24-22(25)20(6-2(12-28-14-6)4-8-16-17-9-4)1-21(23(26)27)7-3(13-29-15-7)5-10-18-19-11-5/h1H2,(H,8,9,16,17)(H,10,11,18,19). The van der Waals surface area contributed by atoms with Crippen molar-refractivity contribution in [3.05, 3.63) is 20.2 Å². The van der Waals surface area contributed by atoms with E-state index in [0.29, 0.717) is 0 Å². The average molecular weight is 408 g/mol. The zero-order chi connectivity index (χ0) is 20.4. The summed E-state index contributed by atoms with van der Waals surface area (Å²) in [5, 5.41) is 60.5. The first-order chi connectivity index (χ1) is 14.1. The molecule has 0 atom stereocenters. The summed E-state index contributed by atoms with van der Waals surface area (Å²) in [7, 11) is 0. The van der Waals surface area contributed by atoms with Crippen LogP contribution in [-0.4, -0.2) is 78.6 Å². The minimum absolute atomic E-state index is 0.198. The number of nitro groups is 2. The molecule has 0 spiro atoms. The van der Waals surface area contributed by atoms with E-state index in [0.717, 1.165) is 0 Å². The second-order valence-corrected chi connectivity index (χ2v) is 4.76. The van der Waals surface area contributed by atoms with Gasteiger partial charge in [-0.15, -0.1) is 20.4 Å². The van der Waals surface area contributed by atoms with E-state index in [4.69, 9.17) is 0 Å². The van der Waals surface area contributed by atoms with Crippen LogP contribution in [-0.2, 0) is 0 Å². The van der Waals surface area contributed by atoms with Crippen LogP contribution in [0.2, 0.25) is 0 Å². The van der Waals surface area contributed by atoms with E-state index in [1.54, 1.807) is 0 Å². The molecule has 0 saturated heterocycles. The lowest BCUT2D eigenvalue weighted by Crippen LogP contribution is -2.45. The summed E-state index contributed by atoms with van der Waals surface area (Å²) in [5.74, 6) is -1.48. The Bertz CT molecular complexity index is 1030. The Kier molecular flexibility index (Phi) is 4.07. The molecule has 0 unspecified atom stereocenters. The number of H-pyrrole nitrogens is 2. The van der Waals surface area contributed by atoms with Crippen LogP contribution in [0.15, 0.2) is 9.26 Å². The molecule has 0 bridgehead atoms.